The third-order valence-electron chi connectivity index (χ3n) is 3.49. The molecule has 1 saturated carbocycles. The second kappa shape index (κ2) is 6.53. The van der Waals surface area contributed by atoms with Crippen LogP contribution in [0.5, 0.6) is 0 Å². The maximum absolute atomic E-state index is 12.9. The second-order valence-corrected chi connectivity index (χ2v) is 4.96. The monoisotopic (exact) mass is 293 g/mol. The van der Waals surface area contributed by atoms with Gasteiger partial charge in [-0.3, -0.25) is 0 Å². The Bertz CT molecular complexity index is 422. The molecular weight excluding hydrogens is 275 g/mol. The van der Waals surface area contributed by atoms with Crippen LogP contribution >= 0.6 is 0 Å². The van der Waals surface area contributed by atoms with Crippen LogP contribution in [0.15, 0.2) is 4.52 Å². The molecule has 2 rings (SSSR count). The highest BCUT2D eigenvalue weighted by atomic mass is 19.4. The fourth-order valence-corrected chi connectivity index (χ4v) is 2.54. The van der Waals surface area contributed by atoms with Crippen LogP contribution in [-0.2, 0) is 17.9 Å². The number of ether oxygens (including phenoxy) is 1. The Hall–Kier alpha value is -1.15. The van der Waals surface area contributed by atoms with Crippen molar-refractivity contribution in [2.24, 2.45) is 5.92 Å². The molecule has 1 aromatic rings. The van der Waals surface area contributed by atoms with Crippen LogP contribution in [-0.4, -0.2) is 29.5 Å². The van der Waals surface area contributed by atoms with E-state index in [4.69, 9.17) is 9.26 Å². The molecule has 5 nitrogen and oxygen atoms in total. The van der Waals surface area contributed by atoms with Crippen molar-refractivity contribution in [2.75, 3.05) is 7.11 Å². The first kappa shape index (κ1) is 15.2. The van der Waals surface area contributed by atoms with Gasteiger partial charge in [0.1, 0.15) is 6.61 Å². The average molecular weight is 293 g/mol. The van der Waals surface area contributed by atoms with Crippen molar-refractivity contribution >= 4 is 0 Å². The summed E-state index contributed by atoms with van der Waals surface area (Å²) >= 11 is 0. The highest BCUT2D eigenvalue weighted by Crippen LogP contribution is 2.37. The molecule has 1 N–H and O–H groups in total. The quantitative estimate of drug-likeness (QED) is 0.903. The molecule has 1 heterocycles. The lowest BCUT2D eigenvalue weighted by molar-refractivity contribution is -0.189. The van der Waals surface area contributed by atoms with Crippen molar-refractivity contribution in [3.05, 3.63) is 11.7 Å². The van der Waals surface area contributed by atoms with Crippen LogP contribution in [0.25, 0.3) is 0 Å². The van der Waals surface area contributed by atoms with Crippen molar-refractivity contribution < 1.29 is 22.4 Å². The van der Waals surface area contributed by atoms with Crippen molar-refractivity contribution in [3.63, 3.8) is 0 Å². The van der Waals surface area contributed by atoms with E-state index in [1.54, 1.807) is 0 Å². The predicted octanol–water partition coefficient (Wildman–Crippen LogP) is 2.43. The van der Waals surface area contributed by atoms with E-state index < -0.39 is 18.1 Å². The molecule has 0 radical (unpaired) electrons. The van der Waals surface area contributed by atoms with E-state index in [1.165, 1.54) is 7.11 Å². The molecule has 1 aliphatic carbocycles. The molecule has 0 aliphatic heterocycles. The van der Waals surface area contributed by atoms with Gasteiger partial charge in [0, 0.05) is 13.2 Å². The van der Waals surface area contributed by atoms with E-state index in [1.807, 2.05) is 0 Å². The van der Waals surface area contributed by atoms with Crippen LogP contribution in [0.4, 0.5) is 13.2 Å². The van der Waals surface area contributed by atoms with Crippen LogP contribution in [0.2, 0.25) is 0 Å². The molecule has 0 spiro atoms. The molecule has 2 unspecified atom stereocenters. The Morgan fingerprint density at radius 1 is 1.35 bits per heavy atom. The lowest BCUT2D eigenvalue weighted by atomic mass is 9.84. The van der Waals surface area contributed by atoms with Crippen LogP contribution in [0, 0.1) is 5.92 Å². The van der Waals surface area contributed by atoms with Crippen molar-refractivity contribution in [2.45, 2.75) is 51.1 Å². The Morgan fingerprint density at radius 3 is 2.80 bits per heavy atom. The first-order chi connectivity index (χ1) is 9.50. The molecule has 20 heavy (non-hydrogen) atoms. The van der Waals surface area contributed by atoms with E-state index >= 15 is 0 Å². The van der Waals surface area contributed by atoms with Gasteiger partial charge in [0.15, 0.2) is 5.82 Å². The molecule has 0 bridgehead atoms. The molecular formula is C12H18F3N3O2. The highest BCUT2D eigenvalue weighted by Gasteiger charge is 2.45. The lowest BCUT2D eigenvalue weighted by Crippen LogP contribution is -2.45. The molecule has 114 valence electrons. The molecule has 0 saturated heterocycles. The molecule has 0 amide bonds. The molecule has 2 atom stereocenters. The van der Waals surface area contributed by atoms with E-state index in [0.717, 1.165) is 6.42 Å². The summed E-state index contributed by atoms with van der Waals surface area (Å²) in [5.74, 6) is -0.624. The van der Waals surface area contributed by atoms with E-state index in [-0.39, 0.29) is 25.5 Å². The SMILES string of the molecule is COCc1noc(CNC2CCCCC2C(F)(F)F)n1. The number of hydrogen-bond acceptors (Lipinski definition) is 5. The first-order valence-electron chi connectivity index (χ1n) is 6.61. The summed E-state index contributed by atoms with van der Waals surface area (Å²) in [4.78, 5) is 4.03. The zero-order valence-electron chi connectivity index (χ0n) is 11.2. The first-order valence-corrected chi connectivity index (χ1v) is 6.61. The van der Waals surface area contributed by atoms with Crippen LogP contribution in [0.3, 0.4) is 0 Å². The smallest absolute Gasteiger partial charge is 0.377 e. The molecule has 1 fully saturated rings. The number of aromatic nitrogens is 2. The summed E-state index contributed by atoms with van der Waals surface area (Å²) in [6, 6.07) is -0.582. The minimum atomic E-state index is -4.16. The standard InChI is InChI=1S/C12H18F3N3O2/c1-19-7-10-17-11(20-18-10)6-16-9-5-3-2-4-8(9)12(13,14)15/h8-9,16H,2-7H2,1H3. The molecule has 1 aromatic heterocycles. The van der Waals surface area contributed by atoms with Gasteiger partial charge in [-0.25, -0.2) is 0 Å². The summed E-state index contributed by atoms with van der Waals surface area (Å²) in [5, 5.41) is 6.56. The fourth-order valence-electron chi connectivity index (χ4n) is 2.54. The zero-order chi connectivity index (χ0) is 14.6. The summed E-state index contributed by atoms with van der Waals surface area (Å²) in [7, 11) is 1.50. The number of halogens is 3. The second-order valence-electron chi connectivity index (χ2n) is 4.96. The Balaban J connectivity index is 1.90. The minimum absolute atomic E-state index is 0.147. The minimum Gasteiger partial charge on any atom is -0.377 e. The number of nitrogens with zero attached hydrogens (tertiary/aromatic N) is 2. The van der Waals surface area contributed by atoms with Gasteiger partial charge in [0.25, 0.3) is 0 Å². The van der Waals surface area contributed by atoms with E-state index in [2.05, 4.69) is 15.5 Å². The summed E-state index contributed by atoms with van der Waals surface area (Å²) in [6.07, 6.45) is -2.03. The van der Waals surface area contributed by atoms with Gasteiger partial charge in [-0.2, -0.15) is 18.2 Å². The van der Waals surface area contributed by atoms with Crippen molar-refractivity contribution in [1.82, 2.24) is 15.5 Å². The third kappa shape index (κ3) is 3.92. The van der Waals surface area contributed by atoms with Gasteiger partial charge in [0.05, 0.1) is 12.5 Å². The van der Waals surface area contributed by atoms with Gasteiger partial charge >= 0.3 is 6.18 Å². The van der Waals surface area contributed by atoms with Gasteiger partial charge in [-0.05, 0) is 12.8 Å². The average Bonchev–Trinajstić information content (AvgIpc) is 2.84. The third-order valence-corrected chi connectivity index (χ3v) is 3.49. The van der Waals surface area contributed by atoms with Crippen molar-refractivity contribution in [1.29, 1.82) is 0 Å². The maximum atomic E-state index is 12.9. The fraction of sp³-hybridized carbons (Fsp3) is 0.833. The molecule has 1 aliphatic rings. The van der Waals surface area contributed by atoms with E-state index in [0.29, 0.717) is 18.7 Å². The molecule has 0 aromatic carbocycles. The lowest BCUT2D eigenvalue weighted by Gasteiger charge is -2.33. The summed E-state index contributed by atoms with van der Waals surface area (Å²) in [6.45, 7) is 0.367. The van der Waals surface area contributed by atoms with E-state index in [9.17, 15) is 13.2 Å². The number of methoxy groups -OCH3 is 1. The zero-order valence-corrected chi connectivity index (χ0v) is 11.2. The summed E-state index contributed by atoms with van der Waals surface area (Å²) < 4.78 is 48.5. The van der Waals surface area contributed by atoms with Gasteiger partial charge in [-0.15, -0.1) is 0 Å². The normalized spacial score (nSPS) is 24.0. The van der Waals surface area contributed by atoms with Gasteiger partial charge in [0.2, 0.25) is 5.89 Å². The number of rotatable bonds is 5. The van der Waals surface area contributed by atoms with Crippen molar-refractivity contribution in [3.8, 4) is 0 Å². The van der Waals surface area contributed by atoms with Crippen LogP contribution < -0.4 is 5.32 Å². The van der Waals surface area contributed by atoms with Crippen LogP contribution in [0.1, 0.15) is 37.4 Å². The Morgan fingerprint density at radius 2 is 2.10 bits per heavy atom. The topological polar surface area (TPSA) is 60.2 Å². The van der Waals surface area contributed by atoms with Gasteiger partial charge < -0.3 is 14.6 Å². The highest BCUT2D eigenvalue weighted by molar-refractivity contribution is 4.89. The largest absolute Gasteiger partial charge is 0.393 e. The van der Waals surface area contributed by atoms with Gasteiger partial charge in [-0.1, -0.05) is 18.0 Å². The molecule has 8 heteroatoms. The summed E-state index contributed by atoms with van der Waals surface area (Å²) in [5.41, 5.74) is 0. The number of alkyl halides is 3. The maximum Gasteiger partial charge on any atom is 0.393 e. The number of nitrogens with one attached hydrogen (secondary N) is 1. The predicted molar refractivity (Wildman–Crippen MR) is 63.7 cm³/mol. The Labute approximate surface area is 114 Å². The number of hydrogen-bond donors (Lipinski definition) is 1. The Kier molecular flexibility index (Phi) is 4.98.